The number of halogens is 2. The number of rotatable bonds is 4. The topological polar surface area (TPSA) is 56.7 Å². The van der Waals surface area contributed by atoms with Gasteiger partial charge in [-0.1, -0.05) is 53.5 Å². The summed E-state index contributed by atoms with van der Waals surface area (Å²) >= 11 is 16.9. The van der Waals surface area contributed by atoms with Gasteiger partial charge in [0.15, 0.2) is 5.11 Å². The molecule has 0 heterocycles. The van der Waals surface area contributed by atoms with Crippen LogP contribution in [0.5, 0.6) is 5.75 Å². The highest BCUT2D eigenvalue weighted by Gasteiger charge is 2.07. The van der Waals surface area contributed by atoms with Crippen LogP contribution in [-0.4, -0.2) is 16.4 Å². The van der Waals surface area contributed by atoms with Gasteiger partial charge in [0, 0.05) is 10.6 Å². The summed E-state index contributed by atoms with van der Waals surface area (Å²) in [7, 11) is 0. The van der Waals surface area contributed by atoms with E-state index in [9.17, 15) is 5.11 Å². The molecule has 0 saturated carbocycles. The maximum atomic E-state index is 9.82. The molecule has 0 bridgehead atoms. The zero-order valence-electron chi connectivity index (χ0n) is 12.3. The quantitative estimate of drug-likeness (QED) is 0.429. The lowest BCUT2D eigenvalue weighted by Gasteiger charge is -2.15. The van der Waals surface area contributed by atoms with Crippen LogP contribution in [0.1, 0.15) is 24.1 Å². The first-order chi connectivity index (χ1) is 11.0. The van der Waals surface area contributed by atoms with Gasteiger partial charge in [0.1, 0.15) is 5.75 Å². The van der Waals surface area contributed by atoms with E-state index >= 15 is 0 Å². The van der Waals surface area contributed by atoms with Gasteiger partial charge in [0.05, 0.1) is 17.3 Å². The fourth-order valence-corrected chi connectivity index (χ4v) is 2.64. The molecule has 0 aliphatic heterocycles. The van der Waals surface area contributed by atoms with Crippen LogP contribution in [0.4, 0.5) is 0 Å². The van der Waals surface area contributed by atoms with Crippen molar-refractivity contribution in [2.45, 2.75) is 13.0 Å². The Morgan fingerprint density at radius 1 is 1.26 bits per heavy atom. The minimum atomic E-state index is -0.0850. The number of hydrazone groups is 1. The third kappa shape index (κ3) is 5.10. The molecule has 2 aromatic rings. The summed E-state index contributed by atoms with van der Waals surface area (Å²) in [5, 5.41) is 17.9. The van der Waals surface area contributed by atoms with Crippen molar-refractivity contribution in [1.29, 1.82) is 0 Å². The monoisotopic (exact) mass is 367 g/mol. The first kappa shape index (κ1) is 17.5. The Hall–Kier alpha value is -1.82. The van der Waals surface area contributed by atoms with Crippen molar-refractivity contribution in [3.63, 3.8) is 0 Å². The molecule has 4 nitrogen and oxygen atoms in total. The molecule has 23 heavy (non-hydrogen) atoms. The number of aromatic hydroxyl groups is 1. The van der Waals surface area contributed by atoms with Crippen molar-refractivity contribution >= 4 is 46.7 Å². The van der Waals surface area contributed by atoms with Gasteiger partial charge in [0.2, 0.25) is 0 Å². The SMILES string of the molecule is C[C@H](NC(=S)N/N=C\c1cc(Cl)cc(Cl)c1O)c1ccccc1. The van der Waals surface area contributed by atoms with Crippen LogP contribution in [-0.2, 0) is 0 Å². The Morgan fingerprint density at radius 2 is 1.96 bits per heavy atom. The normalized spacial score (nSPS) is 12.1. The number of hydrogen-bond acceptors (Lipinski definition) is 3. The van der Waals surface area contributed by atoms with Crippen LogP contribution in [0.15, 0.2) is 47.6 Å². The first-order valence-electron chi connectivity index (χ1n) is 6.80. The Balaban J connectivity index is 1.94. The van der Waals surface area contributed by atoms with Gasteiger partial charge < -0.3 is 10.4 Å². The van der Waals surface area contributed by atoms with Gasteiger partial charge >= 0.3 is 0 Å². The van der Waals surface area contributed by atoms with Crippen LogP contribution in [0.2, 0.25) is 10.0 Å². The van der Waals surface area contributed by atoms with Crippen LogP contribution >= 0.6 is 35.4 Å². The third-order valence-electron chi connectivity index (χ3n) is 3.07. The molecule has 0 unspecified atom stereocenters. The maximum Gasteiger partial charge on any atom is 0.187 e. The highest BCUT2D eigenvalue weighted by Crippen LogP contribution is 2.29. The summed E-state index contributed by atoms with van der Waals surface area (Å²) in [4.78, 5) is 0. The van der Waals surface area contributed by atoms with Crippen molar-refractivity contribution in [2.24, 2.45) is 5.10 Å². The van der Waals surface area contributed by atoms with Crippen molar-refractivity contribution in [2.75, 3.05) is 0 Å². The molecule has 7 heteroatoms. The van der Waals surface area contributed by atoms with Crippen LogP contribution < -0.4 is 10.7 Å². The van der Waals surface area contributed by atoms with Gasteiger partial charge in [-0.05, 0) is 36.8 Å². The molecular weight excluding hydrogens is 353 g/mol. The average Bonchev–Trinajstić information content (AvgIpc) is 2.52. The second-order valence-electron chi connectivity index (χ2n) is 4.80. The highest BCUT2D eigenvalue weighted by molar-refractivity contribution is 7.80. The fraction of sp³-hybridized carbons (Fsp3) is 0.125. The minimum Gasteiger partial charge on any atom is -0.506 e. The van der Waals surface area contributed by atoms with E-state index in [2.05, 4.69) is 15.8 Å². The summed E-state index contributed by atoms with van der Waals surface area (Å²) < 4.78 is 0. The molecule has 1 atom stereocenters. The van der Waals surface area contributed by atoms with E-state index in [1.807, 2.05) is 37.3 Å². The Labute approximate surface area is 150 Å². The average molecular weight is 368 g/mol. The molecule has 0 aliphatic rings. The smallest absolute Gasteiger partial charge is 0.187 e. The predicted octanol–water partition coefficient (Wildman–Crippen LogP) is 4.26. The zero-order valence-corrected chi connectivity index (χ0v) is 14.6. The molecule has 0 saturated heterocycles. The lowest BCUT2D eigenvalue weighted by atomic mass is 10.1. The minimum absolute atomic E-state index is 0.0421. The molecule has 0 amide bonds. The van der Waals surface area contributed by atoms with Gasteiger partial charge in [-0.25, -0.2) is 0 Å². The van der Waals surface area contributed by atoms with E-state index in [-0.39, 0.29) is 16.8 Å². The number of thiocarbonyl (C=S) groups is 1. The number of nitrogens with one attached hydrogen (secondary N) is 2. The molecular formula is C16H15Cl2N3OS. The molecule has 0 radical (unpaired) electrons. The maximum absolute atomic E-state index is 9.82. The summed E-state index contributed by atoms with van der Waals surface area (Å²) in [5.74, 6) is -0.0850. The van der Waals surface area contributed by atoms with E-state index in [0.29, 0.717) is 15.7 Å². The van der Waals surface area contributed by atoms with Crippen LogP contribution in [0, 0.1) is 0 Å². The molecule has 0 fully saturated rings. The molecule has 0 aliphatic carbocycles. The Bertz CT molecular complexity index is 723. The lowest BCUT2D eigenvalue weighted by Crippen LogP contribution is -2.34. The summed E-state index contributed by atoms with van der Waals surface area (Å²) in [6.07, 6.45) is 1.40. The van der Waals surface area contributed by atoms with E-state index in [4.69, 9.17) is 35.4 Å². The molecule has 2 aromatic carbocycles. The van der Waals surface area contributed by atoms with Crippen LogP contribution in [0.3, 0.4) is 0 Å². The van der Waals surface area contributed by atoms with Crippen LogP contribution in [0.25, 0.3) is 0 Å². The third-order valence-corrected chi connectivity index (χ3v) is 3.79. The standard InChI is InChI=1S/C16H15Cl2N3OS/c1-10(11-5-3-2-4-6-11)20-16(23)21-19-9-12-7-13(17)8-14(18)15(12)22/h2-10,22H,1H3,(H2,20,21,23)/b19-9-/t10-/m0/s1. The molecule has 0 aromatic heterocycles. The number of phenolic OH excluding ortho intramolecular Hbond substituents is 1. The molecule has 0 spiro atoms. The number of nitrogens with zero attached hydrogens (tertiary/aromatic N) is 1. The number of phenols is 1. The van der Waals surface area contributed by atoms with Gasteiger partial charge in [0.25, 0.3) is 0 Å². The Morgan fingerprint density at radius 3 is 2.65 bits per heavy atom. The summed E-state index contributed by atoms with van der Waals surface area (Å²) in [6, 6.07) is 13.0. The zero-order chi connectivity index (χ0) is 16.8. The number of benzene rings is 2. The molecule has 120 valence electrons. The van der Waals surface area contributed by atoms with E-state index in [1.54, 1.807) is 6.07 Å². The summed E-state index contributed by atoms with van der Waals surface area (Å²) in [6.45, 7) is 2.00. The Kier molecular flexibility index (Phi) is 6.21. The second kappa shape index (κ2) is 8.15. The number of hydrogen-bond donors (Lipinski definition) is 3. The van der Waals surface area contributed by atoms with E-state index in [1.165, 1.54) is 12.3 Å². The molecule has 3 N–H and O–H groups in total. The van der Waals surface area contributed by atoms with Crippen molar-refractivity contribution in [1.82, 2.24) is 10.7 Å². The van der Waals surface area contributed by atoms with Gasteiger partial charge in [-0.3, -0.25) is 5.43 Å². The van der Waals surface area contributed by atoms with Gasteiger partial charge in [-0.15, -0.1) is 0 Å². The predicted molar refractivity (Wildman–Crippen MR) is 99.4 cm³/mol. The van der Waals surface area contributed by atoms with Gasteiger partial charge in [-0.2, -0.15) is 5.10 Å². The van der Waals surface area contributed by atoms with Crippen molar-refractivity contribution in [3.8, 4) is 5.75 Å². The largest absolute Gasteiger partial charge is 0.506 e. The summed E-state index contributed by atoms with van der Waals surface area (Å²) in [5.41, 5.74) is 4.20. The highest BCUT2D eigenvalue weighted by atomic mass is 35.5. The van der Waals surface area contributed by atoms with E-state index in [0.717, 1.165) is 5.56 Å². The van der Waals surface area contributed by atoms with E-state index < -0.39 is 0 Å². The lowest BCUT2D eigenvalue weighted by molar-refractivity contribution is 0.474. The van der Waals surface area contributed by atoms with Crippen molar-refractivity contribution in [3.05, 3.63) is 63.6 Å². The first-order valence-corrected chi connectivity index (χ1v) is 7.96. The van der Waals surface area contributed by atoms with Crippen molar-refractivity contribution < 1.29 is 5.11 Å². The second-order valence-corrected chi connectivity index (χ2v) is 6.05. The fourth-order valence-electron chi connectivity index (χ4n) is 1.90. The molecule has 2 rings (SSSR count).